The lowest BCUT2D eigenvalue weighted by Crippen LogP contribution is -2.37. The summed E-state index contributed by atoms with van der Waals surface area (Å²) in [6.45, 7) is 5.57. The van der Waals surface area contributed by atoms with Crippen molar-refractivity contribution in [1.82, 2.24) is 15.6 Å². The number of aliphatic imine (C=N–C) groups is 1. The highest BCUT2D eigenvalue weighted by atomic mass is 16.5. The average Bonchev–Trinajstić information content (AvgIpc) is 3.36. The van der Waals surface area contributed by atoms with Gasteiger partial charge in [-0.3, -0.25) is 4.99 Å². The molecule has 3 rings (SSSR count). The van der Waals surface area contributed by atoms with E-state index < -0.39 is 0 Å². The van der Waals surface area contributed by atoms with E-state index in [4.69, 9.17) is 13.9 Å². The third kappa shape index (κ3) is 6.08. The minimum Gasteiger partial charge on any atom is -0.439 e. The lowest BCUT2D eigenvalue weighted by molar-refractivity contribution is 0.0420. The smallest absolute Gasteiger partial charge is 0.214 e. The van der Waals surface area contributed by atoms with Gasteiger partial charge in [0.05, 0.1) is 25.5 Å². The molecule has 0 bridgehead atoms. The molecule has 7 nitrogen and oxygen atoms in total. The van der Waals surface area contributed by atoms with Crippen molar-refractivity contribution in [1.29, 1.82) is 0 Å². The lowest BCUT2D eigenvalue weighted by Gasteiger charge is -2.12. The van der Waals surface area contributed by atoms with Crippen molar-refractivity contribution in [2.75, 3.05) is 33.4 Å². The standard InChI is InChI=1S/C20H28N4O3/c1-15-4-6-16(7-5-15)18-12-23-19(27-18)13-24-20(21-2)22-9-3-10-26-17-8-11-25-14-17/h4-7,12,17H,3,8-11,13-14H2,1-2H3,(H2,21,22,24). The summed E-state index contributed by atoms with van der Waals surface area (Å²) >= 11 is 0. The molecule has 0 amide bonds. The number of ether oxygens (including phenoxy) is 2. The van der Waals surface area contributed by atoms with Gasteiger partial charge in [-0.1, -0.05) is 29.8 Å². The van der Waals surface area contributed by atoms with Gasteiger partial charge in [0.2, 0.25) is 5.89 Å². The Labute approximate surface area is 160 Å². The van der Waals surface area contributed by atoms with Crippen molar-refractivity contribution in [2.24, 2.45) is 4.99 Å². The molecule has 1 aliphatic rings. The minimum atomic E-state index is 0.259. The molecule has 1 aliphatic heterocycles. The van der Waals surface area contributed by atoms with Crippen LogP contribution in [0.2, 0.25) is 0 Å². The monoisotopic (exact) mass is 372 g/mol. The van der Waals surface area contributed by atoms with E-state index in [-0.39, 0.29) is 6.10 Å². The van der Waals surface area contributed by atoms with Crippen LogP contribution in [0.4, 0.5) is 0 Å². The zero-order chi connectivity index (χ0) is 18.9. The first-order valence-corrected chi connectivity index (χ1v) is 9.40. The molecule has 27 heavy (non-hydrogen) atoms. The fourth-order valence-corrected chi connectivity index (χ4v) is 2.80. The van der Waals surface area contributed by atoms with E-state index in [1.165, 1.54) is 5.56 Å². The van der Waals surface area contributed by atoms with E-state index in [1.54, 1.807) is 13.2 Å². The highest BCUT2D eigenvalue weighted by Gasteiger charge is 2.15. The first-order valence-electron chi connectivity index (χ1n) is 9.40. The van der Waals surface area contributed by atoms with Crippen LogP contribution in [-0.4, -0.2) is 50.5 Å². The summed E-state index contributed by atoms with van der Waals surface area (Å²) in [7, 11) is 1.75. The Morgan fingerprint density at radius 2 is 2.15 bits per heavy atom. The topological polar surface area (TPSA) is 80.9 Å². The number of nitrogens with one attached hydrogen (secondary N) is 2. The van der Waals surface area contributed by atoms with Gasteiger partial charge >= 0.3 is 0 Å². The number of hydrogen-bond acceptors (Lipinski definition) is 5. The van der Waals surface area contributed by atoms with Gasteiger partial charge in [0.25, 0.3) is 0 Å². The summed E-state index contributed by atoms with van der Waals surface area (Å²) in [5, 5.41) is 6.48. The van der Waals surface area contributed by atoms with E-state index >= 15 is 0 Å². The van der Waals surface area contributed by atoms with Gasteiger partial charge < -0.3 is 24.5 Å². The summed E-state index contributed by atoms with van der Waals surface area (Å²) in [4.78, 5) is 8.55. The zero-order valence-electron chi connectivity index (χ0n) is 16.0. The fourth-order valence-electron chi connectivity index (χ4n) is 2.80. The van der Waals surface area contributed by atoms with Crippen molar-refractivity contribution in [2.45, 2.75) is 32.4 Å². The molecule has 0 saturated carbocycles. The van der Waals surface area contributed by atoms with Crippen LogP contribution in [0, 0.1) is 6.92 Å². The highest BCUT2D eigenvalue weighted by Crippen LogP contribution is 2.20. The van der Waals surface area contributed by atoms with Gasteiger partial charge in [-0.2, -0.15) is 0 Å². The quantitative estimate of drug-likeness (QED) is 0.421. The maximum Gasteiger partial charge on any atom is 0.214 e. The van der Waals surface area contributed by atoms with E-state index in [9.17, 15) is 0 Å². The van der Waals surface area contributed by atoms with Crippen LogP contribution in [0.3, 0.4) is 0 Å². The van der Waals surface area contributed by atoms with Gasteiger partial charge in [-0.25, -0.2) is 4.98 Å². The highest BCUT2D eigenvalue weighted by molar-refractivity contribution is 5.79. The number of guanidine groups is 1. The zero-order valence-corrected chi connectivity index (χ0v) is 16.0. The Bertz CT molecular complexity index is 721. The van der Waals surface area contributed by atoms with E-state index in [2.05, 4.69) is 39.7 Å². The van der Waals surface area contributed by atoms with Crippen LogP contribution in [0.1, 0.15) is 24.3 Å². The molecular formula is C20H28N4O3. The third-order valence-electron chi connectivity index (χ3n) is 4.38. The lowest BCUT2D eigenvalue weighted by atomic mass is 10.1. The largest absolute Gasteiger partial charge is 0.439 e. The molecule has 1 unspecified atom stereocenters. The van der Waals surface area contributed by atoms with E-state index in [0.717, 1.165) is 50.5 Å². The number of oxazole rings is 1. The minimum absolute atomic E-state index is 0.259. The number of nitrogens with zero attached hydrogens (tertiary/aromatic N) is 2. The molecule has 2 N–H and O–H groups in total. The summed E-state index contributed by atoms with van der Waals surface area (Å²) in [5.41, 5.74) is 2.24. The van der Waals surface area contributed by atoms with E-state index in [0.29, 0.717) is 18.4 Å². The second-order valence-corrected chi connectivity index (χ2v) is 6.55. The van der Waals surface area contributed by atoms with Crippen LogP contribution in [-0.2, 0) is 16.0 Å². The normalized spacial score (nSPS) is 17.3. The van der Waals surface area contributed by atoms with Gasteiger partial charge in [-0.05, 0) is 19.8 Å². The first kappa shape index (κ1) is 19.4. The van der Waals surface area contributed by atoms with Gasteiger partial charge in [0, 0.05) is 32.4 Å². The number of aromatic nitrogens is 1. The Hall–Kier alpha value is -2.38. The Kier molecular flexibility index (Phi) is 7.24. The fraction of sp³-hybridized carbons (Fsp3) is 0.500. The maximum atomic E-state index is 5.82. The number of benzene rings is 1. The third-order valence-corrected chi connectivity index (χ3v) is 4.38. The maximum absolute atomic E-state index is 5.82. The van der Waals surface area contributed by atoms with Crippen LogP contribution in [0.5, 0.6) is 0 Å². The summed E-state index contributed by atoms with van der Waals surface area (Å²) in [6.07, 6.45) is 3.92. The molecule has 1 atom stereocenters. The average molecular weight is 372 g/mol. The molecule has 1 saturated heterocycles. The summed E-state index contributed by atoms with van der Waals surface area (Å²) < 4.78 is 16.9. The van der Waals surface area contributed by atoms with Crippen molar-refractivity contribution in [3.63, 3.8) is 0 Å². The molecule has 0 aliphatic carbocycles. The molecule has 7 heteroatoms. The first-order chi connectivity index (χ1) is 13.2. The number of aryl methyl sites for hydroxylation is 1. The number of rotatable bonds is 8. The SMILES string of the molecule is CN=C(NCCCOC1CCOC1)NCc1ncc(-c2ccc(C)cc2)o1. The predicted octanol–water partition coefficient (Wildman–Crippen LogP) is 2.51. The molecule has 2 heterocycles. The molecule has 2 aromatic rings. The molecule has 0 spiro atoms. The van der Waals surface area contributed by atoms with Gasteiger partial charge in [-0.15, -0.1) is 0 Å². The van der Waals surface area contributed by atoms with Crippen LogP contribution in [0.25, 0.3) is 11.3 Å². The second kappa shape index (κ2) is 10.1. The van der Waals surface area contributed by atoms with Crippen LogP contribution < -0.4 is 10.6 Å². The predicted molar refractivity (Wildman–Crippen MR) is 105 cm³/mol. The molecule has 146 valence electrons. The van der Waals surface area contributed by atoms with Crippen molar-refractivity contribution in [3.8, 4) is 11.3 Å². The van der Waals surface area contributed by atoms with Crippen LogP contribution >= 0.6 is 0 Å². The van der Waals surface area contributed by atoms with Gasteiger partial charge in [0.15, 0.2) is 11.7 Å². The molecule has 0 radical (unpaired) electrons. The number of hydrogen-bond donors (Lipinski definition) is 2. The van der Waals surface area contributed by atoms with Crippen LogP contribution in [0.15, 0.2) is 39.9 Å². The Morgan fingerprint density at radius 3 is 2.89 bits per heavy atom. The van der Waals surface area contributed by atoms with Gasteiger partial charge in [0.1, 0.15) is 0 Å². The van der Waals surface area contributed by atoms with E-state index in [1.807, 2.05) is 12.1 Å². The van der Waals surface area contributed by atoms with Crippen molar-refractivity contribution < 1.29 is 13.9 Å². The van der Waals surface area contributed by atoms with Crippen molar-refractivity contribution in [3.05, 3.63) is 41.9 Å². The van der Waals surface area contributed by atoms with Crippen molar-refractivity contribution >= 4 is 5.96 Å². The molecule has 1 aromatic heterocycles. The molecule has 1 fully saturated rings. The Morgan fingerprint density at radius 1 is 1.30 bits per heavy atom. The molecule has 1 aromatic carbocycles. The molecular weight excluding hydrogens is 344 g/mol. The Balaban J connectivity index is 1.37. The summed E-state index contributed by atoms with van der Waals surface area (Å²) in [6, 6.07) is 8.19. The summed E-state index contributed by atoms with van der Waals surface area (Å²) in [5.74, 6) is 2.11. The second-order valence-electron chi connectivity index (χ2n) is 6.55.